The number of unbranched alkanes of at least 4 members (excludes halogenated alkanes) is 2. The van der Waals surface area contributed by atoms with Crippen LogP contribution in [0.5, 0.6) is 0 Å². The summed E-state index contributed by atoms with van der Waals surface area (Å²) in [5, 5.41) is 5.48. The van der Waals surface area contributed by atoms with Crippen LogP contribution in [0.15, 0.2) is 0 Å². The van der Waals surface area contributed by atoms with Crippen molar-refractivity contribution >= 4 is 12.0 Å². The van der Waals surface area contributed by atoms with Gasteiger partial charge in [0.05, 0.1) is 0 Å². The fourth-order valence-corrected chi connectivity index (χ4v) is 1.72. The van der Waals surface area contributed by atoms with E-state index in [4.69, 9.17) is 10.5 Å². The number of rotatable bonds is 9. The van der Waals surface area contributed by atoms with E-state index in [2.05, 4.69) is 17.6 Å². The molecule has 0 aliphatic carbocycles. The Morgan fingerprint density at radius 2 is 1.74 bits per heavy atom. The van der Waals surface area contributed by atoms with E-state index < -0.39 is 17.7 Å². The summed E-state index contributed by atoms with van der Waals surface area (Å²) in [4.78, 5) is 23.9. The number of hydrogen-bond acceptors (Lipinski definition) is 4. The second-order valence-electron chi connectivity index (χ2n) is 6.13. The summed E-state index contributed by atoms with van der Waals surface area (Å²) in [6.45, 7) is 12.6. The molecule has 0 radical (unpaired) electrons. The van der Waals surface area contributed by atoms with Crippen molar-refractivity contribution in [3.8, 4) is 0 Å². The van der Waals surface area contributed by atoms with E-state index in [-0.39, 0.29) is 5.91 Å². The summed E-state index contributed by atoms with van der Waals surface area (Å²) in [7, 11) is 0. The quantitative estimate of drug-likeness (QED) is 0.566. The Bertz CT molecular complexity index is 315. The van der Waals surface area contributed by atoms with E-state index in [1.807, 2.05) is 13.8 Å². The fraction of sp³-hybridized carbons (Fsp3) is 0.882. The van der Waals surface area contributed by atoms with Crippen LogP contribution in [0.1, 0.15) is 73.6 Å². The molecule has 1 unspecified atom stereocenters. The van der Waals surface area contributed by atoms with Crippen molar-refractivity contribution in [1.82, 2.24) is 10.6 Å². The molecule has 0 aliphatic rings. The van der Waals surface area contributed by atoms with E-state index in [9.17, 15) is 9.59 Å². The standard InChI is InChI=1S/C15H31N3O3.C2H6/c1-5-6-11-17-13(19)12(9-7-8-10-16)18-14(20)21-15(2,3)4;1-2/h12H,5-11,16H2,1-4H3,(H,17,19)(H,18,20);1-2H3. The number of alkyl carbamates (subject to hydrolysis) is 1. The van der Waals surface area contributed by atoms with Crippen LogP contribution in [0.2, 0.25) is 0 Å². The molecule has 0 saturated heterocycles. The molecule has 0 aromatic heterocycles. The zero-order chi connectivity index (χ0) is 18.3. The van der Waals surface area contributed by atoms with Gasteiger partial charge in [-0.05, 0) is 53.0 Å². The molecule has 138 valence electrons. The van der Waals surface area contributed by atoms with Crippen molar-refractivity contribution < 1.29 is 14.3 Å². The minimum absolute atomic E-state index is 0.161. The third-order valence-corrected chi connectivity index (χ3v) is 2.78. The Morgan fingerprint density at radius 3 is 2.22 bits per heavy atom. The summed E-state index contributed by atoms with van der Waals surface area (Å²) >= 11 is 0. The van der Waals surface area contributed by atoms with Crippen LogP contribution in [-0.2, 0) is 9.53 Å². The third kappa shape index (κ3) is 15.4. The Kier molecular flexibility index (Phi) is 14.9. The lowest BCUT2D eigenvalue weighted by atomic mass is 10.1. The number of amides is 2. The zero-order valence-electron chi connectivity index (χ0n) is 15.8. The maximum atomic E-state index is 12.1. The molecule has 0 heterocycles. The van der Waals surface area contributed by atoms with Gasteiger partial charge in [0.1, 0.15) is 11.6 Å². The van der Waals surface area contributed by atoms with Gasteiger partial charge in [0.2, 0.25) is 5.91 Å². The molecule has 6 heteroatoms. The fourth-order valence-electron chi connectivity index (χ4n) is 1.72. The molecule has 0 spiro atoms. The second kappa shape index (κ2) is 14.3. The molecule has 1 atom stereocenters. The van der Waals surface area contributed by atoms with Crippen LogP contribution >= 0.6 is 0 Å². The SMILES string of the molecule is CC.CCCCNC(=O)C(CCCCN)NC(=O)OC(C)(C)C. The van der Waals surface area contributed by atoms with Gasteiger partial charge in [-0.2, -0.15) is 0 Å². The van der Waals surface area contributed by atoms with Gasteiger partial charge in [-0.15, -0.1) is 0 Å². The number of carbonyl (C=O) groups is 2. The maximum absolute atomic E-state index is 12.1. The van der Waals surface area contributed by atoms with Crippen molar-refractivity contribution in [2.45, 2.75) is 85.3 Å². The van der Waals surface area contributed by atoms with Crippen LogP contribution in [0, 0.1) is 0 Å². The number of hydrogen-bond donors (Lipinski definition) is 3. The number of nitrogens with two attached hydrogens (primary N) is 1. The molecule has 0 aromatic rings. The van der Waals surface area contributed by atoms with Gasteiger partial charge in [0.15, 0.2) is 0 Å². The van der Waals surface area contributed by atoms with Gasteiger partial charge in [-0.1, -0.05) is 27.2 Å². The molecule has 0 rings (SSSR count). The first-order valence-electron chi connectivity index (χ1n) is 8.77. The Balaban J connectivity index is 0. The third-order valence-electron chi connectivity index (χ3n) is 2.78. The molecule has 0 fully saturated rings. The zero-order valence-corrected chi connectivity index (χ0v) is 15.8. The number of ether oxygens (including phenoxy) is 1. The molecule has 0 bridgehead atoms. The van der Waals surface area contributed by atoms with Crippen molar-refractivity contribution in [1.29, 1.82) is 0 Å². The van der Waals surface area contributed by atoms with Crippen LogP contribution < -0.4 is 16.4 Å². The molecule has 0 aliphatic heterocycles. The highest BCUT2D eigenvalue weighted by molar-refractivity contribution is 5.85. The van der Waals surface area contributed by atoms with Crippen LogP contribution in [0.3, 0.4) is 0 Å². The number of carbonyl (C=O) groups excluding carboxylic acids is 2. The summed E-state index contributed by atoms with van der Waals surface area (Å²) in [6, 6.07) is -0.566. The smallest absolute Gasteiger partial charge is 0.408 e. The van der Waals surface area contributed by atoms with Gasteiger partial charge in [-0.25, -0.2) is 4.79 Å². The highest BCUT2D eigenvalue weighted by atomic mass is 16.6. The number of nitrogens with one attached hydrogen (secondary N) is 2. The predicted octanol–water partition coefficient (Wildman–Crippen LogP) is 2.95. The molecular weight excluding hydrogens is 294 g/mol. The highest BCUT2D eigenvalue weighted by Crippen LogP contribution is 2.08. The first kappa shape index (κ1) is 24.0. The predicted molar refractivity (Wildman–Crippen MR) is 95.3 cm³/mol. The van der Waals surface area contributed by atoms with Gasteiger partial charge in [0.25, 0.3) is 0 Å². The lowest BCUT2D eigenvalue weighted by molar-refractivity contribution is -0.123. The summed E-state index contributed by atoms with van der Waals surface area (Å²) in [5.41, 5.74) is 4.88. The van der Waals surface area contributed by atoms with E-state index in [1.165, 1.54) is 0 Å². The van der Waals surface area contributed by atoms with Crippen molar-refractivity contribution in [2.75, 3.05) is 13.1 Å². The Labute approximate surface area is 141 Å². The van der Waals surface area contributed by atoms with Crippen LogP contribution in [0.4, 0.5) is 4.79 Å². The monoisotopic (exact) mass is 331 g/mol. The average molecular weight is 332 g/mol. The minimum atomic E-state index is -0.579. The average Bonchev–Trinajstić information content (AvgIpc) is 2.46. The summed E-state index contributed by atoms with van der Waals surface area (Å²) in [6.07, 6.45) is 3.55. The minimum Gasteiger partial charge on any atom is -0.444 e. The van der Waals surface area contributed by atoms with Gasteiger partial charge in [-0.3, -0.25) is 4.79 Å². The van der Waals surface area contributed by atoms with Crippen LogP contribution in [0.25, 0.3) is 0 Å². The molecule has 6 nitrogen and oxygen atoms in total. The van der Waals surface area contributed by atoms with E-state index >= 15 is 0 Å². The molecular formula is C17H37N3O3. The molecule has 0 aromatic carbocycles. The summed E-state index contributed by atoms with van der Waals surface area (Å²) < 4.78 is 5.20. The van der Waals surface area contributed by atoms with E-state index in [0.29, 0.717) is 19.5 Å². The Hall–Kier alpha value is -1.30. The molecule has 0 saturated carbocycles. The largest absolute Gasteiger partial charge is 0.444 e. The lowest BCUT2D eigenvalue weighted by Gasteiger charge is -2.23. The Morgan fingerprint density at radius 1 is 1.13 bits per heavy atom. The van der Waals surface area contributed by atoms with Crippen molar-refractivity contribution in [3.63, 3.8) is 0 Å². The van der Waals surface area contributed by atoms with Gasteiger partial charge in [0, 0.05) is 6.54 Å². The van der Waals surface area contributed by atoms with Crippen molar-refractivity contribution in [2.24, 2.45) is 5.73 Å². The summed E-state index contributed by atoms with van der Waals surface area (Å²) in [5.74, 6) is -0.161. The van der Waals surface area contributed by atoms with Gasteiger partial charge >= 0.3 is 6.09 Å². The van der Waals surface area contributed by atoms with Gasteiger partial charge < -0.3 is 21.1 Å². The van der Waals surface area contributed by atoms with E-state index in [1.54, 1.807) is 20.8 Å². The van der Waals surface area contributed by atoms with Crippen LogP contribution in [-0.4, -0.2) is 36.7 Å². The highest BCUT2D eigenvalue weighted by Gasteiger charge is 2.23. The topological polar surface area (TPSA) is 93.5 Å². The lowest BCUT2D eigenvalue weighted by Crippen LogP contribution is -2.48. The first-order chi connectivity index (χ1) is 10.8. The normalized spacial score (nSPS) is 11.8. The van der Waals surface area contributed by atoms with E-state index in [0.717, 1.165) is 25.7 Å². The second-order valence-corrected chi connectivity index (χ2v) is 6.13. The van der Waals surface area contributed by atoms with Crippen molar-refractivity contribution in [3.05, 3.63) is 0 Å². The molecule has 4 N–H and O–H groups in total. The maximum Gasteiger partial charge on any atom is 0.408 e. The molecule has 23 heavy (non-hydrogen) atoms. The first-order valence-corrected chi connectivity index (χ1v) is 8.77. The molecule has 2 amide bonds.